The Balaban J connectivity index is 3.78. The van der Waals surface area contributed by atoms with Gasteiger partial charge in [0, 0.05) is 6.54 Å². The molecule has 2 nitrogen and oxygen atoms in total. The van der Waals surface area contributed by atoms with Crippen molar-refractivity contribution < 1.29 is 5.11 Å². The van der Waals surface area contributed by atoms with E-state index in [0.717, 1.165) is 19.6 Å². The summed E-state index contributed by atoms with van der Waals surface area (Å²) in [7, 11) is 0. The molecule has 0 bridgehead atoms. The smallest absolute Gasteiger partial charge is 0.0549 e. The average molecular weight is 187 g/mol. The van der Waals surface area contributed by atoms with Crippen LogP contribution in [0.3, 0.4) is 0 Å². The van der Waals surface area contributed by atoms with Crippen LogP contribution in [-0.4, -0.2) is 35.7 Å². The second-order valence-electron chi connectivity index (χ2n) is 4.02. The van der Waals surface area contributed by atoms with Crippen molar-refractivity contribution in [3.05, 3.63) is 0 Å². The Morgan fingerprint density at radius 2 is 1.54 bits per heavy atom. The molecule has 0 aliphatic heterocycles. The van der Waals surface area contributed by atoms with Crippen molar-refractivity contribution in [2.24, 2.45) is 5.92 Å². The number of rotatable bonds is 7. The average Bonchev–Trinajstić information content (AvgIpc) is 2.05. The van der Waals surface area contributed by atoms with Crippen molar-refractivity contribution in [3.8, 4) is 0 Å². The van der Waals surface area contributed by atoms with E-state index in [4.69, 9.17) is 0 Å². The molecule has 0 saturated heterocycles. The molecule has 0 saturated carbocycles. The predicted octanol–water partition coefficient (Wildman–Crippen LogP) is 2.13. The second kappa shape index (κ2) is 7.34. The van der Waals surface area contributed by atoms with E-state index in [1.54, 1.807) is 0 Å². The zero-order chi connectivity index (χ0) is 10.3. The Morgan fingerprint density at radius 3 is 1.85 bits per heavy atom. The lowest BCUT2D eigenvalue weighted by atomic mass is 10.1. The third-order valence-corrected chi connectivity index (χ3v) is 2.45. The topological polar surface area (TPSA) is 23.5 Å². The summed E-state index contributed by atoms with van der Waals surface area (Å²) in [4.78, 5) is 2.44. The fourth-order valence-electron chi connectivity index (χ4n) is 1.49. The van der Waals surface area contributed by atoms with Crippen molar-refractivity contribution in [3.63, 3.8) is 0 Å². The van der Waals surface area contributed by atoms with Crippen LogP contribution in [0.1, 0.15) is 40.5 Å². The van der Waals surface area contributed by atoms with Crippen LogP contribution in [0, 0.1) is 5.92 Å². The fraction of sp³-hybridized carbons (Fsp3) is 1.00. The molecular weight excluding hydrogens is 162 g/mol. The number of hydrogen-bond donors (Lipinski definition) is 1. The van der Waals surface area contributed by atoms with Gasteiger partial charge in [-0.3, -0.25) is 0 Å². The van der Waals surface area contributed by atoms with Crippen LogP contribution in [0.15, 0.2) is 0 Å². The first-order valence-electron chi connectivity index (χ1n) is 5.52. The molecule has 0 rings (SSSR count). The predicted molar refractivity (Wildman–Crippen MR) is 57.9 cm³/mol. The van der Waals surface area contributed by atoms with Gasteiger partial charge in [0.25, 0.3) is 0 Å². The zero-order valence-corrected chi connectivity index (χ0v) is 9.58. The van der Waals surface area contributed by atoms with E-state index in [0.29, 0.717) is 5.92 Å². The molecule has 0 amide bonds. The van der Waals surface area contributed by atoms with Gasteiger partial charge >= 0.3 is 0 Å². The molecule has 2 atom stereocenters. The van der Waals surface area contributed by atoms with E-state index in [2.05, 4.69) is 25.7 Å². The SMILES string of the molecule is CCCN(CCC)CC(C)C(C)O. The van der Waals surface area contributed by atoms with E-state index in [1.165, 1.54) is 12.8 Å². The monoisotopic (exact) mass is 187 g/mol. The Labute approximate surface area is 82.9 Å². The molecule has 0 aliphatic carbocycles. The van der Waals surface area contributed by atoms with Gasteiger partial charge in [-0.2, -0.15) is 0 Å². The fourth-order valence-corrected chi connectivity index (χ4v) is 1.49. The Hall–Kier alpha value is -0.0800. The minimum atomic E-state index is -0.184. The normalized spacial score (nSPS) is 16.2. The van der Waals surface area contributed by atoms with Gasteiger partial charge in [-0.25, -0.2) is 0 Å². The quantitative estimate of drug-likeness (QED) is 0.660. The van der Waals surface area contributed by atoms with Crippen LogP contribution >= 0.6 is 0 Å². The third kappa shape index (κ3) is 6.05. The van der Waals surface area contributed by atoms with E-state index < -0.39 is 0 Å². The third-order valence-electron chi connectivity index (χ3n) is 2.45. The van der Waals surface area contributed by atoms with Crippen LogP contribution in [0.5, 0.6) is 0 Å². The van der Waals surface area contributed by atoms with Gasteiger partial charge in [0.1, 0.15) is 0 Å². The minimum absolute atomic E-state index is 0.184. The van der Waals surface area contributed by atoms with Crippen molar-refractivity contribution in [2.75, 3.05) is 19.6 Å². The summed E-state index contributed by atoms with van der Waals surface area (Å²) >= 11 is 0. The summed E-state index contributed by atoms with van der Waals surface area (Å²) in [5.74, 6) is 0.387. The Kier molecular flexibility index (Phi) is 7.29. The first-order valence-corrected chi connectivity index (χ1v) is 5.52. The van der Waals surface area contributed by atoms with Crippen molar-refractivity contribution >= 4 is 0 Å². The molecule has 0 spiro atoms. The van der Waals surface area contributed by atoms with Crippen molar-refractivity contribution in [2.45, 2.75) is 46.6 Å². The van der Waals surface area contributed by atoms with Crippen molar-refractivity contribution in [1.29, 1.82) is 0 Å². The van der Waals surface area contributed by atoms with E-state index in [-0.39, 0.29) is 6.10 Å². The first-order chi connectivity index (χ1) is 6.11. The van der Waals surface area contributed by atoms with Gasteiger partial charge in [-0.05, 0) is 38.8 Å². The largest absolute Gasteiger partial charge is 0.393 e. The molecule has 0 aromatic carbocycles. The Bertz CT molecular complexity index is 109. The lowest BCUT2D eigenvalue weighted by Gasteiger charge is -2.26. The summed E-state index contributed by atoms with van der Waals surface area (Å²) in [6.07, 6.45) is 2.22. The Morgan fingerprint density at radius 1 is 1.08 bits per heavy atom. The van der Waals surface area contributed by atoms with Crippen LogP contribution in [-0.2, 0) is 0 Å². The van der Waals surface area contributed by atoms with Gasteiger partial charge < -0.3 is 10.0 Å². The highest BCUT2D eigenvalue weighted by Gasteiger charge is 2.12. The summed E-state index contributed by atoms with van der Waals surface area (Å²) in [6, 6.07) is 0. The summed E-state index contributed by atoms with van der Waals surface area (Å²) in [6.45, 7) is 11.7. The molecule has 2 unspecified atom stereocenters. The van der Waals surface area contributed by atoms with Crippen LogP contribution in [0.25, 0.3) is 0 Å². The number of aliphatic hydroxyl groups excluding tert-OH is 1. The highest BCUT2D eigenvalue weighted by atomic mass is 16.3. The standard InChI is InChI=1S/C11H25NO/c1-5-7-12(8-6-2)9-10(3)11(4)13/h10-11,13H,5-9H2,1-4H3. The molecule has 0 heterocycles. The van der Waals surface area contributed by atoms with Gasteiger partial charge in [0.05, 0.1) is 6.10 Å². The number of aliphatic hydroxyl groups is 1. The van der Waals surface area contributed by atoms with Gasteiger partial charge in [0.2, 0.25) is 0 Å². The summed E-state index contributed by atoms with van der Waals surface area (Å²) in [5, 5.41) is 9.38. The maximum atomic E-state index is 9.38. The van der Waals surface area contributed by atoms with Crippen LogP contribution in [0.4, 0.5) is 0 Å². The van der Waals surface area contributed by atoms with Crippen LogP contribution < -0.4 is 0 Å². The molecular formula is C11H25NO. The second-order valence-corrected chi connectivity index (χ2v) is 4.02. The zero-order valence-electron chi connectivity index (χ0n) is 9.58. The molecule has 1 N–H and O–H groups in total. The van der Waals surface area contributed by atoms with E-state index >= 15 is 0 Å². The molecule has 13 heavy (non-hydrogen) atoms. The first kappa shape index (κ1) is 12.9. The number of hydrogen-bond acceptors (Lipinski definition) is 2. The van der Waals surface area contributed by atoms with Crippen molar-refractivity contribution in [1.82, 2.24) is 4.90 Å². The maximum Gasteiger partial charge on any atom is 0.0549 e. The highest BCUT2D eigenvalue weighted by molar-refractivity contribution is 4.65. The number of nitrogens with zero attached hydrogens (tertiary/aromatic N) is 1. The molecule has 0 radical (unpaired) electrons. The van der Waals surface area contributed by atoms with Gasteiger partial charge in [0.15, 0.2) is 0 Å². The maximum absolute atomic E-state index is 9.38. The summed E-state index contributed by atoms with van der Waals surface area (Å²) < 4.78 is 0. The molecule has 0 fully saturated rings. The molecule has 0 aromatic rings. The van der Waals surface area contributed by atoms with Gasteiger partial charge in [-0.15, -0.1) is 0 Å². The van der Waals surface area contributed by atoms with E-state index in [9.17, 15) is 5.11 Å². The van der Waals surface area contributed by atoms with Crippen LogP contribution in [0.2, 0.25) is 0 Å². The molecule has 2 heteroatoms. The molecule has 80 valence electrons. The minimum Gasteiger partial charge on any atom is -0.393 e. The molecule has 0 aromatic heterocycles. The highest BCUT2D eigenvalue weighted by Crippen LogP contribution is 2.06. The molecule has 0 aliphatic rings. The summed E-state index contributed by atoms with van der Waals surface area (Å²) in [5.41, 5.74) is 0. The lowest BCUT2D eigenvalue weighted by molar-refractivity contribution is 0.102. The van der Waals surface area contributed by atoms with E-state index in [1.807, 2.05) is 6.92 Å². The van der Waals surface area contributed by atoms with Gasteiger partial charge in [-0.1, -0.05) is 20.8 Å². The lowest BCUT2D eigenvalue weighted by Crippen LogP contribution is -2.33.